The Balaban J connectivity index is 2.25. The van der Waals surface area contributed by atoms with E-state index < -0.39 is 7.12 Å². The van der Waals surface area contributed by atoms with Crippen molar-refractivity contribution in [2.75, 3.05) is 0 Å². The normalized spacial score (nSPS) is 17.0. The molecule has 0 amide bonds. The second kappa shape index (κ2) is 4.85. The zero-order valence-electron chi connectivity index (χ0n) is 8.49. The molecule has 2 rings (SSSR count). The van der Waals surface area contributed by atoms with Crippen molar-refractivity contribution in [2.24, 2.45) is 0 Å². The van der Waals surface area contributed by atoms with E-state index in [4.69, 9.17) is 10.0 Å². The summed E-state index contributed by atoms with van der Waals surface area (Å²) in [4.78, 5) is 0. The monoisotopic (exact) mass is 316 g/mol. The summed E-state index contributed by atoms with van der Waals surface area (Å²) in [7, 11) is -1.35. The molecule has 0 radical (unpaired) electrons. The van der Waals surface area contributed by atoms with Crippen LogP contribution in [0.4, 0.5) is 0 Å². The molecule has 0 bridgehead atoms. The zero-order valence-corrected chi connectivity index (χ0v) is 10.6. The van der Waals surface area contributed by atoms with Crippen LogP contribution in [0.5, 0.6) is 0 Å². The minimum absolute atomic E-state index is 0.584. The first-order valence-corrected chi connectivity index (χ1v) is 6.42. The first-order chi connectivity index (χ1) is 7.18. The van der Waals surface area contributed by atoms with E-state index in [1.165, 1.54) is 31.2 Å². The van der Waals surface area contributed by atoms with Gasteiger partial charge < -0.3 is 10.0 Å². The van der Waals surface area contributed by atoms with Crippen LogP contribution in [-0.2, 0) is 0 Å². The molecule has 1 aliphatic carbocycles. The molecule has 15 heavy (non-hydrogen) atoms. The summed E-state index contributed by atoms with van der Waals surface area (Å²) >= 11 is 2.29. The van der Waals surface area contributed by atoms with Crippen molar-refractivity contribution in [3.8, 4) is 0 Å². The molecule has 0 atom stereocenters. The number of hydrogen-bond acceptors (Lipinski definition) is 2. The van der Waals surface area contributed by atoms with Crippen molar-refractivity contribution in [3.05, 3.63) is 27.3 Å². The topological polar surface area (TPSA) is 40.5 Å². The van der Waals surface area contributed by atoms with Gasteiger partial charge in [0, 0.05) is 3.57 Å². The summed E-state index contributed by atoms with van der Waals surface area (Å²) in [6.45, 7) is 0. The molecule has 0 saturated heterocycles. The van der Waals surface area contributed by atoms with Crippen LogP contribution in [0.3, 0.4) is 0 Å². The Morgan fingerprint density at radius 2 is 1.87 bits per heavy atom. The lowest BCUT2D eigenvalue weighted by atomic mass is 9.79. The van der Waals surface area contributed by atoms with E-state index in [9.17, 15) is 0 Å². The Morgan fingerprint density at radius 3 is 2.40 bits per heavy atom. The number of halogens is 1. The zero-order chi connectivity index (χ0) is 10.8. The van der Waals surface area contributed by atoms with Crippen molar-refractivity contribution >= 4 is 35.2 Å². The highest BCUT2D eigenvalue weighted by Crippen LogP contribution is 2.35. The van der Waals surface area contributed by atoms with Gasteiger partial charge >= 0.3 is 7.12 Å². The van der Waals surface area contributed by atoms with Crippen molar-refractivity contribution in [3.63, 3.8) is 0 Å². The summed E-state index contributed by atoms with van der Waals surface area (Å²) < 4.78 is 1.16. The summed E-state index contributed by atoms with van der Waals surface area (Å²) in [6.07, 6.45) is 5.20. The molecule has 0 aromatic heterocycles. The summed E-state index contributed by atoms with van der Waals surface area (Å²) in [6, 6.07) is 5.74. The Hall–Kier alpha value is -0.0651. The Labute approximate surface area is 104 Å². The molecule has 0 unspecified atom stereocenters. The standard InChI is InChI=1S/C11H14BIO2/c13-11-7-9(12(14)15)5-6-10(11)8-3-1-2-4-8/h5-8,14-15H,1-4H2. The molecular weight excluding hydrogens is 302 g/mol. The van der Waals surface area contributed by atoms with Gasteiger partial charge in [-0.15, -0.1) is 0 Å². The maximum Gasteiger partial charge on any atom is 0.488 e. The van der Waals surface area contributed by atoms with Crippen LogP contribution < -0.4 is 5.46 Å². The SMILES string of the molecule is OB(O)c1ccc(C2CCCC2)c(I)c1. The van der Waals surface area contributed by atoms with Crippen LogP contribution in [0.1, 0.15) is 37.2 Å². The van der Waals surface area contributed by atoms with Crippen LogP contribution in [0.25, 0.3) is 0 Å². The fourth-order valence-corrected chi connectivity index (χ4v) is 3.25. The van der Waals surface area contributed by atoms with Crippen molar-refractivity contribution in [1.82, 2.24) is 0 Å². The summed E-state index contributed by atoms with van der Waals surface area (Å²) in [5, 5.41) is 18.1. The second-order valence-electron chi connectivity index (χ2n) is 4.14. The van der Waals surface area contributed by atoms with Crippen LogP contribution in [0, 0.1) is 3.57 Å². The molecular formula is C11H14BIO2. The average molecular weight is 316 g/mol. The molecule has 1 saturated carbocycles. The number of hydrogen-bond donors (Lipinski definition) is 2. The van der Waals surface area contributed by atoms with E-state index in [-0.39, 0.29) is 0 Å². The molecule has 1 aromatic carbocycles. The maximum absolute atomic E-state index is 9.06. The van der Waals surface area contributed by atoms with Gasteiger partial charge in [-0.3, -0.25) is 0 Å². The van der Waals surface area contributed by atoms with Crippen LogP contribution in [-0.4, -0.2) is 17.2 Å². The first kappa shape index (κ1) is 11.4. The lowest BCUT2D eigenvalue weighted by molar-refractivity contribution is 0.425. The fraction of sp³-hybridized carbons (Fsp3) is 0.455. The van der Waals surface area contributed by atoms with E-state index in [0.29, 0.717) is 11.4 Å². The van der Waals surface area contributed by atoms with Crippen molar-refractivity contribution in [2.45, 2.75) is 31.6 Å². The van der Waals surface area contributed by atoms with Crippen molar-refractivity contribution in [1.29, 1.82) is 0 Å². The third kappa shape index (κ3) is 2.54. The van der Waals surface area contributed by atoms with Gasteiger partial charge in [0.05, 0.1) is 0 Å². The Morgan fingerprint density at radius 1 is 1.20 bits per heavy atom. The van der Waals surface area contributed by atoms with Gasteiger partial charge in [0.15, 0.2) is 0 Å². The highest BCUT2D eigenvalue weighted by molar-refractivity contribution is 14.1. The van der Waals surface area contributed by atoms with E-state index >= 15 is 0 Å². The molecule has 2 N–H and O–H groups in total. The van der Waals surface area contributed by atoms with E-state index in [1.807, 2.05) is 18.2 Å². The molecule has 0 aliphatic heterocycles. The predicted octanol–water partition coefficient (Wildman–Crippen LogP) is 1.63. The van der Waals surface area contributed by atoms with Gasteiger partial charge in [-0.2, -0.15) is 0 Å². The largest absolute Gasteiger partial charge is 0.488 e. The van der Waals surface area contributed by atoms with Crippen LogP contribution in [0.2, 0.25) is 0 Å². The van der Waals surface area contributed by atoms with E-state index in [2.05, 4.69) is 22.6 Å². The van der Waals surface area contributed by atoms with Gasteiger partial charge in [-0.25, -0.2) is 0 Å². The summed E-state index contributed by atoms with van der Waals surface area (Å²) in [5.74, 6) is 0.682. The third-order valence-corrected chi connectivity index (χ3v) is 4.05. The number of rotatable bonds is 2. The molecule has 80 valence electrons. The second-order valence-corrected chi connectivity index (χ2v) is 5.30. The minimum atomic E-state index is -1.35. The molecule has 1 aromatic rings. The lowest BCUT2D eigenvalue weighted by Gasteiger charge is -2.13. The molecule has 1 aliphatic rings. The van der Waals surface area contributed by atoms with Gasteiger partial charge in [0.25, 0.3) is 0 Å². The first-order valence-electron chi connectivity index (χ1n) is 5.34. The van der Waals surface area contributed by atoms with E-state index in [0.717, 1.165) is 3.57 Å². The Kier molecular flexibility index (Phi) is 3.69. The molecule has 2 nitrogen and oxygen atoms in total. The van der Waals surface area contributed by atoms with Crippen LogP contribution >= 0.6 is 22.6 Å². The van der Waals surface area contributed by atoms with Crippen molar-refractivity contribution < 1.29 is 10.0 Å². The summed E-state index contributed by atoms with van der Waals surface area (Å²) in [5.41, 5.74) is 1.96. The van der Waals surface area contributed by atoms with Gasteiger partial charge in [-0.05, 0) is 58.4 Å². The molecule has 0 heterocycles. The third-order valence-electron chi connectivity index (χ3n) is 3.12. The average Bonchev–Trinajstić information content (AvgIpc) is 2.70. The minimum Gasteiger partial charge on any atom is -0.423 e. The predicted molar refractivity (Wildman–Crippen MR) is 70.2 cm³/mol. The van der Waals surface area contributed by atoms with Gasteiger partial charge in [-0.1, -0.05) is 25.0 Å². The highest BCUT2D eigenvalue weighted by atomic mass is 127. The Bertz CT molecular complexity index is 348. The molecule has 0 spiro atoms. The number of benzene rings is 1. The smallest absolute Gasteiger partial charge is 0.423 e. The fourth-order valence-electron chi connectivity index (χ4n) is 2.27. The van der Waals surface area contributed by atoms with E-state index in [1.54, 1.807) is 0 Å². The lowest BCUT2D eigenvalue weighted by Crippen LogP contribution is -2.30. The molecule has 1 fully saturated rings. The quantitative estimate of drug-likeness (QED) is 0.643. The van der Waals surface area contributed by atoms with Gasteiger partial charge in [0.1, 0.15) is 0 Å². The highest BCUT2D eigenvalue weighted by Gasteiger charge is 2.20. The van der Waals surface area contributed by atoms with Crippen LogP contribution in [0.15, 0.2) is 18.2 Å². The maximum atomic E-state index is 9.06. The molecule has 4 heteroatoms. The van der Waals surface area contributed by atoms with Gasteiger partial charge in [0.2, 0.25) is 0 Å².